The first-order chi connectivity index (χ1) is 19.8. The summed E-state index contributed by atoms with van der Waals surface area (Å²) >= 11 is 0. The van der Waals surface area contributed by atoms with E-state index in [9.17, 15) is 9.59 Å². The Balaban J connectivity index is 1.92. The lowest BCUT2D eigenvalue weighted by molar-refractivity contribution is -0.138. The van der Waals surface area contributed by atoms with Gasteiger partial charge in [0.15, 0.2) is 23.0 Å². The molecule has 0 unspecified atom stereocenters. The van der Waals surface area contributed by atoms with Gasteiger partial charge in [-0.1, -0.05) is 30.3 Å². The highest BCUT2D eigenvalue weighted by Gasteiger charge is 2.42. The quantitative estimate of drug-likeness (QED) is 0.243. The first kappa shape index (κ1) is 29.1. The molecule has 0 spiro atoms. The third-order valence-corrected chi connectivity index (χ3v) is 6.85. The number of benzene rings is 3. The Kier molecular flexibility index (Phi) is 8.87. The largest absolute Gasteiger partial charge is 0.493 e. The van der Waals surface area contributed by atoms with Crippen LogP contribution in [0.1, 0.15) is 29.7 Å². The minimum Gasteiger partial charge on any atom is -0.493 e. The van der Waals surface area contributed by atoms with Crippen molar-refractivity contribution in [3.63, 3.8) is 0 Å². The fourth-order valence-corrected chi connectivity index (χ4v) is 4.80. The van der Waals surface area contributed by atoms with E-state index in [0.717, 1.165) is 5.56 Å². The van der Waals surface area contributed by atoms with Gasteiger partial charge in [-0.25, -0.2) is 0 Å². The van der Waals surface area contributed by atoms with Crippen LogP contribution in [0.3, 0.4) is 0 Å². The molecule has 1 aliphatic rings. The van der Waals surface area contributed by atoms with E-state index in [1.165, 1.54) is 47.6 Å². The average Bonchev–Trinajstić information content (AvgIpc) is 3.23. The first-order valence-electron chi connectivity index (χ1n) is 12.8. The van der Waals surface area contributed by atoms with Crippen LogP contribution in [0, 0.1) is 0 Å². The van der Waals surface area contributed by atoms with Gasteiger partial charge < -0.3 is 28.4 Å². The van der Waals surface area contributed by atoms with Gasteiger partial charge in [0.05, 0.1) is 59.8 Å². The number of carbonyl (C=O) groups excluding carboxylic acids is 2. The monoisotopic (exact) mass is 559 g/mol. The number of ether oxygens (including phenoxy) is 6. The van der Waals surface area contributed by atoms with Crippen LogP contribution in [-0.2, 0) is 9.59 Å². The molecule has 3 aromatic carbocycles. The minimum absolute atomic E-state index is 0.209. The van der Waals surface area contributed by atoms with E-state index in [2.05, 4.69) is 0 Å². The fourth-order valence-electron chi connectivity index (χ4n) is 4.80. The van der Waals surface area contributed by atoms with Gasteiger partial charge in [-0.15, -0.1) is 0 Å². The second-order valence-corrected chi connectivity index (χ2v) is 9.10. The van der Waals surface area contributed by atoms with Gasteiger partial charge in [0.1, 0.15) is 0 Å². The van der Waals surface area contributed by atoms with Gasteiger partial charge in [0, 0.05) is 0 Å². The minimum atomic E-state index is -0.509. The molecule has 1 fully saturated rings. The smallest absolute Gasteiger partial charge is 0.262 e. The number of imide groups is 1. The predicted molar refractivity (Wildman–Crippen MR) is 155 cm³/mol. The van der Waals surface area contributed by atoms with Crippen LogP contribution < -0.4 is 28.4 Å². The van der Waals surface area contributed by atoms with Crippen LogP contribution in [0.15, 0.2) is 65.7 Å². The normalized spacial score (nSPS) is 15.7. The molecule has 0 radical (unpaired) electrons. The topological polar surface area (TPSA) is 92.8 Å². The van der Waals surface area contributed by atoms with Crippen molar-refractivity contribution in [3.8, 4) is 34.5 Å². The Morgan fingerprint density at radius 3 is 1.27 bits per heavy atom. The number of methoxy groups -OCH3 is 6. The highest BCUT2D eigenvalue weighted by molar-refractivity contribution is 6.28. The van der Waals surface area contributed by atoms with Crippen LogP contribution >= 0.6 is 0 Å². The molecule has 0 saturated carbocycles. The third-order valence-electron chi connectivity index (χ3n) is 6.85. The summed E-state index contributed by atoms with van der Waals surface area (Å²) in [7, 11) is 9.07. The molecule has 1 heterocycles. The van der Waals surface area contributed by atoms with Crippen LogP contribution in [-0.4, -0.2) is 59.4 Å². The maximum Gasteiger partial charge on any atom is 0.262 e. The van der Waals surface area contributed by atoms with Crippen molar-refractivity contribution < 1.29 is 38.0 Å². The van der Waals surface area contributed by atoms with Gasteiger partial charge in [-0.05, 0) is 60.0 Å². The second-order valence-electron chi connectivity index (χ2n) is 9.10. The Labute approximate surface area is 239 Å². The number of rotatable bonds is 10. The summed E-state index contributed by atoms with van der Waals surface area (Å²) in [5, 5.41) is 0. The summed E-state index contributed by atoms with van der Waals surface area (Å²) in [5.74, 6) is 1.63. The maximum absolute atomic E-state index is 14.0. The van der Waals surface area contributed by atoms with E-state index in [1.54, 1.807) is 36.4 Å². The Morgan fingerprint density at radius 2 is 0.951 bits per heavy atom. The molecule has 9 nitrogen and oxygen atoms in total. The molecular weight excluding hydrogens is 526 g/mol. The highest BCUT2D eigenvalue weighted by atomic mass is 16.5. The lowest BCUT2D eigenvalue weighted by Gasteiger charge is -2.22. The Morgan fingerprint density at radius 1 is 0.585 bits per heavy atom. The molecule has 2 amide bonds. The van der Waals surface area contributed by atoms with Crippen molar-refractivity contribution in [2.75, 3.05) is 42.7 Å². The molecule has 9 heteroatoms. The van der Waals surface area contributed by atoms with E-state index < -0.39 is 17.9 Å². The summed E-state index contributed by atoms with van der Waals surface area (Å²) in [6.07, 6.45) is 3.29. The second kappa shape index (κ2) is 12.5. The van der Waals surface area contributed by atoms with Gasteiger partial charge in [0.2, 0.25) is 11.5 Å². The average molecular weight is 560 g/mol. The summed E-state index contributed by atoms with van der Waals surface area (Å²) in [6, 6.07) is 15.7. The highest BCUT2D eigenvalue weighted by Crippen LogP contribution is 2.42. The molecule has 0 aromatic heterocycles. The van der Waals surface area contributed by atoms with Gasteiger partial charge in [-0.2, -0.15) is 0 Å². The summed E-state index contributed by atoms with van der Waals surface area (Å²) in [6.45, 7) is 1.82. The molecule has 4 rings (SSSR count). The number of carbonyl (C=O) groups is 2. The van der Waals surface area contributed by atoms with Crippen molar-refractivity contribution in [3.05, 3.63) is 82.4 Å². The zero-order valence-corrected chi connectivity index (χ0v) is 24.1. The molecule has 1 atom stereocenters. The third kappa shape index (κ3) is 5.56. The predicted octanol–water partition coefficient (Wildman–Crippen LogP) is 5.34. The lowest BCUT2D eigenvalue weighted by Crippen LogP contribution is -2.32. The van der Waals surface area contributed by atoms with Crippen LogP contribution in [0.25, 0.3) is 12.2 Å². The number of amides is 2. The summed E-state index contributed by atoms with van der Waals surface area (Å²) < 4.78 is 32.8. The standard InChI is InChI=1S/C32H33NO8/c1-19(22-11-9-8-10-12-22)33-31(34)23(13-20-15-25(36-2)29(40-6)26(16-20)37-3)24(32(33)35)14-21-17-27(38-4)30(41-7)28(18-21)39-5/h8-19H,1-7H3/b23-13+,24-14+/t19-/m1/s1. The van der Waals surface area contributed by atoms with Crippen LogP contribution in [0.5, 0.6) is 34.5 Å². The van der Waals surface area contributed by atoms with Gasteiger partial charge in [-0.3, -0.25) is 14.5 Å². The summed E-state index contributed by atoms with van der Waals surface area (Å²) in [5.41, 5.74) is 2.42. The summed E-state index contributed by atoms with van der Waals surface area (Å²) in [4.78, 5) is 29.2. The molecule has 3 aromatic rings. The Hall–Kier alpha value is -4.92. The van der Waals surface area contributed by atoms with Crippen molar-refractivity contribution in [2.24, 2.45) is 0 Å². The van der Waals surface area contributed by atoms with Crippen LogP contribution in [0.2, 0.25) is 0 Å². The zero-order chi connectivity index (χ0) is 29.7. The SMILES string of the molecule is COc1cc(/C=C2/C(=O)N([C@H](C)c3ccccc3)C(=O)/C2=C/c2cc(OC)c(OC)c(OC)c2)cc(OC)c1OC. The van der Waals surface area contributed by atoms with E-state index in [1.807, 2.05) is 37.3 Å². The van der Waals surface area contributed by atoms with Crippen molar-refractivity contribution in [1.29, 1.82) is 0 Å². The number of likely N-dealkylation sites (tertiary alicyclic amines) is 1. The molecule has 41 heavy (non-hydrogen) atoms. The van der Waals surface area contributed by atoms with Crippen molar-refractivity contribution in [1.82, 2.24) is 4.90 Å². The number of hydrogen-bond acceptors (Lipinski definition) is 8. The Bertz CT molecular complexity index is 1370. The fraction of sp³-hybridized carbons (Fsp3) is 0.250. The molecule has 1 aliphatic heterocycles. The number of nitrogens with zero attached hydrogens (tertiary/aromatic N) is 1. The molecule has 214 valence electrons. The number of hydrogen-bond donors (Lipinski definition) is 0. The van der Waals surface area contributed by atoms with E-state index in [-0.39, 0.29) is 11.1 Å². The van der Waals surface area contributed by atoms with E-state index >= 15 is 0 Å². The molecular formula is C32H33NO8. The molecule has 0 N–H and O–H groups in total. The molecule has 0 bridgehead atoms. The van der Waals surface area contributed by atoms with Gasteiger partial charge >= 0.3 is 0 Å². The molecule has 0 aliphatic carbocycles. The zero-order valence-electron chi connectivity index (χ0n) is 24.1. The van der Waals surface area contributed by atoms with Crippen LogP contribution in [0.4, 0.5) is 0 Å². The maximum atomic E-state index is 14.0. The van der Waals surface area contributed by atoms with E-state index in [0.29, 0.717) is 45.6 Å². The van der Waals surface area contributed by atoms with Gasteiger partial charge in [0.25, 0.3) is 11.8 Å². The lowest BCUT2D eigenvalue weighted by atomic mass is 10.0. The molecule has 1 saturated heterocycles. The van der Waals surface area contributed by atoms with E-state index in [4.69, 9.17) is 28.4 Å². The first-order valence-corrected chi connectivity index (χ1v) is 12.8. The van der Waals surface area contributed by atoms with Crippen molar-refractivity contribution in [2.45, 2.75) is 13.0 Å². The van der Waals surface area contributed by atoms with Crippen molar-refractivity contribution >= 4 is 24.0 Å².